The van der Waals surface area contributed by atoms with Crippen molar-refractivity contribution in [2.75, 3.05) is 6.61 Å². The first kappa shape index (κ1) is 11.7. The standard InChI is InChI=1S/C15H14N3O/c1-3-19-12-6-4-11(5-7-12)14-13-10(2)8-16-15(13)18-9-17-14/h4,6-9H,3H2,1-2H3,(H,16,17,18). The van der Waals surface area contributed by atoms with Crippen LogP contribution in [0.25, 0.3) is 22.3 Å². The molecule has 0 amide bonds. The van der Waals surface area contributed by atoms with Crippen molar-refractivity contribution in [3.05, 3.63) is 42.4 Å². The van der Waals surface area contributed by atoms with Crippen molar-refractivity contribution < 1.29 is 4.74 Å². The van der Waals surface area contributed by atoms with E-state index >= 15 is 0 Å². The van der Waals surface area contributed by atoms with Gasteiger partial charge in [0.25, 0.3) is 0 Å². The summed E-state index contributed by atoms with van der Waals surface area (Å²) in [5.74, 6) is 0.822. The highest BCUT2D eigenvalue weighted by molar-refractivity contribution is 5.93. The van der Waals surface area contributed by atoms with Gasteiger partial charge in [-0.2, -0.15) is 0 Å². The summed E-state index contributed by atoms with van der Waals surface area (Å²) >= 11 is 0. The Morgan fingerprint density at radius 3 is 2.95 bits per heavy atom. The maximum atomic E-state index is 5.42. The van der Waals surface area contributed by atoms with Gasteiger partial charge in [0, 0.05) is 17.1 Å². The Morgan fingerprint density at radius 1 is 1.32 bits per heavy atom. The van der Waals surface area contributed by atoms with Crippen molar-refractivity contribution in [2.24, 2.45) is 0 Å². The number of H-pyrrole nitrogens is 1. The number of ether oxygens (including phenoxy) is 1. The predicted octanol–water partition coefficient (Wildman–Crippen LogP) is 3.13. The zero-order valence-corrected chi connectivity index (χ0v) is 10.9. The van der Waals surface area contributed by atoms with E-state index in [0.717, 1.165) is 33.6 Å². The molecule has 3 rings (SSSR count). The largest absolute Gasteiger partial charge is 0.494 e. The van der Waals surface area contributed by atoms with E-state index in [0.29, 0.717) is 6.61 Å². The van der Waals surface area contributed by atoms with E-state index in [1.54, 1.807) is 6.33 Å². The van der Waals surface area contributed by atoms with Gasteiger partial charge in [-0.05, 0) is 43.7 Å². The van der Waals surface area contributed by atoms with Crippen LogP contribution in [0.5, 0.6) is 5.75 Å². The van der Waals surface area contributed by atoms with Crippen LogP contribution in [0.15, 0.2) is 30.7 Å². The molecule has 2 heterocycles. The van der Waals surface area contributed by atoms with E-state index in [1.807, 2.05) is 38.2 Å². The average molecular weight is 252 g/mol. The Bertz CT molecular complexity index is 701. The Kier molecular flexibility index (Phi) is 2.91. The summed E-state index contributed by atoms with van der Waals surface area (Å²) < 4.78 is 5.42. The number of aromatic nitrogens is 3. The van der Waals surface area contributed by atoms with Gasteiger partial charge in [-0.25, -0.2) is 9.97 Å². The molecule has 0 spiro atoms. The van der Waals surface area contributed by atoms with Crippen LogP contribution in [0.3, 0.4) is 0 Å². The summed E-state index contributed by atoms with van der Waals surface area (Å²) in [4.78, 5) is 11.8. The Morgan fingerprint density at radius 2 is 2.21 bits per heavy atom. The van der Waals surface area contributed by atoms with Crippen LogP contribution in [0.1, 0.15) is 12.5 Å². The van der Waals surface area contributed by atoms with E-state index in [4.69, 9.17) is 4.74 Å². The molecule has 0 unspecified atom stereocenters. The van der Waals surface area contributed by atoms with Crippen LogP contribution in [0.2, 0.25) is 0 Å². The minimum Gasteiger partial charge on any atom is -0.494 e. The highest BCUT2D eigenvalue weighted by Gasteiger charge is 2.10. The van der Waals surface area contributed by atoms with E-state index in [-0.39, 0.29) is 0 Å². The molecule has 0 saturated heterocycles. The number of fused-ring (bicyclic) bond motifs is 1. The van der Waals surface area contributed by atoms with Gasteiger partial charge in [-0.15, -0.1) is 0 Å². The quantitative estimate of drug-likeness (QED) is 0.779. The molecular formula is C15H14N3O. The summed E-state index contributed by atoms with van der Waals surface area (Å²) in [6.45, 7) is 4.66. The van der Waals surface area contributed by atoms with Crippen LogP contribution < -0.4 is 4.74 Å². The van der Waals surface area contributed by atoms with Gasteiger partial charge < -0.3 is 9.72 Å². The zero-order chi connectivity index (χ0) is 13.2. The third-order valence-electron chi connectivity index (χ3n) is 3.02. The monoisotopic (exact) mass is 252 g/mol. The molecule has 1 N–H and O–H groups in total. The van der Waals surface area contributed by atoms with Crippen LogP contribution in [-0.2, 0) is 0 Å². The van der Waals surface area contributed by atoms with Gasteiger partial charge in [0.15, 0.2) is 0 Å². The topological polar surface area (TPSA) is 50.8 Å². The van der Waals surface area contributed by atoms with E-state index in [9.17, 15) is 0 Å². The number of hydrogen-bond donors (Lipinski definition) is 1. The molecule has 0 fully saturated rings. The van der Waals surface area contributed by atoms with Crippen molar-refractivity contribution in [1.29, 1.82) is 0 Å². The smallest absolute Gasteiger partial charge is 0.141 e. The van der Waals surface area contributed by atoms with E-state index in [1.165, 1.54) is 0 Å². The van der Waals surface area contributed by atoms with Crippen LogP contribution in [0, 0.1) is 13.0 Å². The third-order valence-corrected chi connectivity index (χ3v) is 3.02. The molecule has 2 aromatic heterocycles. The molecule has 4 nitrogen and oxygen atoms in total. The third kappa shape index (κ3) is 2.05. The summed E-state index contributed by atoms with van der Waals surface area (Å²) in [6, 6.07) is 8.97. The van der Waals surface area contributed by atoms with Crippen LogP contribution >= 0.6 is 0 Å². The lowest BCUT2D eigenvalue weighted by atomic mass is 10.1. The summed E-state index contributed by atoms with van der Waals surface area (Å²) in [6.07, 6.45) is 3.51. The van der Waals surface area contributed by atoms with E-state index < -0.39 is 0 Å². The number of aryl methyl sites for hydroxylation is 1. The molecule has 0 aliphatic rings. The Hall–Kier alpha value is -2.36. The maximum absolute atomic E-state index is 5.42. The zero-order valence-electron chi connectivity index (χ0n) is 10.9. The van der Waals surface area contributed by atoms with Crippen molar-refractivity contribution in [3.63, 3.8) is 0 Å². The maximum Gasteiger partial charge on any atom is 0.141 e. The summed E-state index contributed by atoms with van der Waals surface area (Å²) in [7, 11) is 0. The molecule has 95 valence electrons. The van der Waals surface area contributed by atoms with E-state index in [2.05, 4.69) is 21.0 Å². The molecule has 0 aliphatic heterocycles. The molecule has 4 heteroatoms. The highest BCUT2D eigenvalue weighted by atomic mass is 16.5. The SMILES string of the molecule is CCOc1c[c]c(-c2ncnc3[nH]cc(C)c23)cc1. The molecule has 19 heavy (non-hydrogen) atoms. The molecule has 1 aromatic carbocycles. The lowest BCUT2D eigenvalue weighted by Gasteiger charge is -2.05. The van der Waals surface area contributed by atoms with Crippen LogP contribution in [-0.4, -0.2) is 21.6 Å². The highest BCUT2D eigenvalue weighted by Crippen LogP contribution is 2.28. The van der Waals surface area contributed by atoms with Crippen molar-refractivity contribution >= 4 is 11.0 Å². The molecule has 0 aliphatic carbocycles. The molecule has 3 aromatic rings. The second-order valence-electron chi connectivity index (χ2n) is 4.29. The molecule has 1 radical (unpaired) electrons. The fourth-order valence-electron chi connectivity index (χ4n) is 2.14. The Balaban J connectivity index is 2.11. The number of nitrogens with one attached hydrogen (secondary N) is 1. The van der Waals surface area contributed by atoms with Crippen molar-refractivity contribution in [1.82, 2.24) is 15.0 Å². The van der Waals surface area contributed by atoms with Crippen LogP contribution in [0.4, 0.5) is 0 Å². The first-order chi connectivity index (χ1) is 9.29. The average Bonchev–Trinajstić information content (AvgIpc) is 2.82. The van der Waals surface area contributed by atoms with Gasteiger partial charge in [0.2, 0.25) is 0 Å². The second-order valence-corrected chi connectivity index (χ2v) is 4.29. The lowest BCUT2D eigenvalue weighted by molar-refractivity contribution is 0.340. The van der Waals surface area contributed by atoms with Gasteiger partial charge in [-0.1, -0.05) is 0 Å². The molecule has 0 saturated carbocycles. The summed E-state index contributed by atoms with van der Waals surface area (Å²) in [5.41, 5.74) is 3.82. The molecular weight excluding hydrogens is 238 g/mol. The second kappa shape index (κ2) is 4.72. The lowest BCUT2D eigenvalue weighted by Crippen LogP contribution is -1.92. The number of benzene rings is 1. The number of hydrogen-bond acceptors (Lipinski definition) is 3. The van der Waals surface area contributed by atoms with Crippen molar-refractivity contribution in [2.45, 2.75) is 13.8 Å². The van der Waals surface area contributed by atoms with Gasteiger partial charge >= 0.3 is 0 Å². The number of nitrogens with zero attached hydrogens (tertiary/aromatic N) is 2. The normalized spacial score (nSPS) is 10.8. The fraction of sp³-hybridized carbons (Fsp3) is 0.200. The van der Waals surface area contributed by atoms with Gasteiger partial charge in [0.05, 0.1) is 12.3 Å². The number of aromatic amines is 1. The molecule has 0 atom stereocenters. The van der Waals surface area contributed by atoms with Gasteiger partial charge in [-0.3, -0.25) is 0 Å². The fourth-order valence-corrected chi connectivity index (χ4v) is 2.14. The minimum absolute atomic E-state index is 0.655. The molecule has 0 bridgehead atoms. The Labute approximate surface area is 111 Å². The number of rotatable bonds is 3. The first-order valence-corrected chi connectivity index (χ1v) is 6.23. The van der Waals surface area contributed by atoms with Gasteiger partial charge in [0.1, 0.15) is 17.7 Å². The minimum atomic E-state index is 0.655. The predicted molar refractivity (Wildman–Crippen MR) is 74.1 cm³/mol. The van der Waals surface area contributed by atoms with Crippen molar-refractivity contribution in [3.8, 4) is 17.0 Å². The summed E-state index contributed by atoms with van der Waals surface area (Å²) in [5, 5.41) is 1.04. The first-order valence-electron chi connectivity index (χ1n) is 6.23.